The number of halogens is 1. The third-order valence-corrected chi connectivity index (χ3v) is 1.74. The Morgan fingerprint density at radius 1 is 1.33 bits per heavy atom. The third-order valence-electron chi connectivity index (χ3n) is 1.28. The summed E-state index contributed by atoms with van der Waals surface area (Å²) in [5.74, 6) is 0. The molecule has 1 fully saturated rings. The molecular formula is C7H18ClN3O. The first-order valence-electron chi connectivity index (χ1n) is 4.12. The quantitative estimate of drug-likeness (QED) is 0.320. The lowest BCUT2D eigenvalue weighted by Gasteiger charge is -1.95. The predicted octanol–water partition coefficient (Wildman–Crippen LogP) is -0.537. The minimum atomic E-state index is 0.0231. The normalized spacial score (nSPS) is 26.0. The van der Waals surface area contributed by atoms with E-state index in [-0.39, 0.29) is 5.56 Å². The van der Waals surface area contributed by atoms with Crippen LogP contribution in [0.4, 0.5) is 0 Å². The van der Waals surface area contributed by atoms with E-state index in [0.717, 1.165) is 13.1 Å². The summed E-state index contributed by atoms with van der Waals surface area (Å²) in [4.78, 5) is 0. The van der Waals surface area contributed by atoms with Crippen LogP contribution >= 0.6 is 11.6 Å². The van der Waals surface area contributed by atoms with E-state index in [0.29, 0.717) is 19.2 Å². The van der Waals surface area contributed by atoms with E-state index in [1.54, 1.807) is 0 Å². The average Bonchev–Trinajstić information content (AvgIpc) is 2.67. The number of hydrogen-bond acceptors (Lipinski definition) is 4. The fourth-order valence-corrected chi connectivity index (χ4v) is 0.651. The van der Waals surface area contributed by atoms with E-state index < -0.39 is 0 Å². The summed E-state index contributed by atoms with van der Waals surface area (Å²) in [7, 11) is 0. The van der Waals surface area contributed by atoms with Gasteiger partial charge in [-0.15, -0.1) is 0 Å². The van der Waals surface area contributed by atoms with Gasteiger partial charge in [-0.1, -0.05) is 11.6 Å². The molecule has 0 aromatic rings. The number of nitrogens with two attached hydrogens (primary N) is 2. The number of ether oxygens (including phenoxy) is 1. The number of nitrogens with one attached hydrogen (secondary N) is 1. The van der Waals surface area contributed by atoms with Crippen LogP contribution in [0.3, 0.4) is 0 Å². The zero-order valence-corrected chi connectivity index (χ0v) is 8.18. The molecule has 2 atom stereocenters. The van der Waals surface area contributed by atoms with Crippen LogP contribution in [0.2, 0.25) is 0 Å². The number of epoxide rings is 1. The number of hydrogen-bond donors (Lipinski definition) is 3. The second-order valence-corrected chi connectivity index (χ2v) is 2.95. The number of rotatable bonds is 4. The topological polar surface area (TPSA) is 76.6 Å². The second-order valence-electron chi connectivity index (χ2n) is 2.52. The summed E-state index contributed by atoms with van der Waals surface area (Å²) in [5, 5.41) is 3.03. The van der Waals surface area contributed by atoms with Crippen LogP contribution < -0.4 is 16.8 Å². The molecule has 0 saturated carbocycles. The molecule has 4 nitrogen and oxygen atoms in total. The van der Waals surface area contributed by atoms with E-state index in [2.05, 4.69) is 10.1 Å². The molecule has 0 aliphatic carbocycles. The summed E-state index contributed by atoms with van der Waals surface area (Å²) in [6.45, 7) is 5.08. The molecule has 5 N–H and O–H groups in total. The third kappa shape index (κ3) is 8.23. The Balaban J connectivity index is 0.000000211. The molecule has 0 spiro atoms. The van der Waals surface area contributed by atoms with Gasteiger partial charge in [0.25, 0.3) is 0 Å². The molecule has 0 aromatic carbocycles. The van der Waals surface area contributed by atoms with Crippen molar-refractivity contribution in [2.75, 3.05) is 26.2 Å². The van der Waals surface area contributed by atoms with Crippen molar-refractivity contribution in [3.8, 4) is 0 Å². The van der Waals surface area contributed by atoms with Crippen molar-refractivity contribution in [1.82, 2.24) is 5.32 Å². The van der Waals surface area contributed by atoms with Gasteiger partial charge >= 0.3 is 0 Å². The maximum atomic E-state index is 5.31. The first-order valence-corrected chi connectivity index (χ1v) is 4.56. The van der Waals surface area contributed by atoms with Gasteiger partial charge in [-0.3, -0.25) is 0 Å². The van der Waals surface area contributed by atoms with Gasteiger partial charge in [-0.2, -0.15) is 0 Å². The fourth-order valence-electron chi connectivity index (χ4n) is 0.489. The Labute approximate surface area is 78.6 Å². The molecule has 1 aliphatic heterocycles. The van der Waals surface area contributed by atoms with Crippen LogP contribution in [0.25, 0.3) is 0 Å². The first-order chi connectivity index (χ1) is 5.72. The molecule has 5 heteroatoms. The molecule has 0 radical (unpaired) electrons. The molecule has 74 valence electrons. The Morgan fingerprint density at radius 2 is 1.67 bits per heavy atom. The zero-order valence-electron chi connectivity index (χ0n) is 7.42. The van der Waals surface area contributed by atoms with Crippen LogP contribution in [0.5, 0.6) is 0 Å². The SMILES string of the molecule is CC1OC1Cl.NCCNCCN. The smallest absolute Gasteiger partial charge is 0.157 e. The van der Waals surface area contributed by atoms with E-state index >= 15 is 0 Å². The van der Waals surface area contributed by atoms with Gasteiger partial charge in [0.1, 0.15) is 0 Å². The summed E-state index contributed by atoms with van der Waals surface area (Å²) in [6, 6.07) is 0. The largest absolute Gasteiger partial charge is 0.353 e. The fraction of sp³-hybridized carbons (Fsp3) is 1.00. The van der Waals surface area contributed by atoms with Crippen LogP contribution in [0.15, 0.2) is 0 Å². The molecule has 0 amide bonds. The van der Waals surface area contributed by atoms with Crippen molar-refractivity contribution < 1.29 is 4.74 Å². The highest BCUT2D eigenvalue weighted by molar-refractivity contribution is 6.21. The number of alkyl halides is 1. The highest BCUT2D eigenvalue weighted by Crippen LogP contribution is 2.23. The molecule has 0 bridgehead atoms. The van der Waals surface area contributed by atoms with Gasteiger partial charge < -0.3 is 21.5 Å². The lowest BCUT2D eigenvalue weighted by molar-refractivity contribution is 0.411. The van der Waals surface area contributed by atoms with Crippen molar-refractivity contribution in [2.24, 2.45) is 11.5 Å². The van der Waals surface area contributed by atoms with Crippen molar-refractivity contribution in [3.05, 3.63) is 0 Å². The maximum absolute atomic E-state index is 5.31. The van der Waals surface area contributed by atoms with Crippen molar-refractivity contribution in [2.45, 2.75) is 18.6 Å². The Kier molecular flexibility index (Phi) is 7.85. The molecule has 1 aliphatic rings. The second kappa shape index (κ2) is 7.76. The average molecular weight is 196 g/mol. The minimum absolute atomic E-state index is 0.0231. The summed E-state index contributed by atoms with van der Waals surface area (Å²) in [6.07, 6.45) is 0.316. The Hall–Kier alpha value is 0.130. The first kappa shape index (κ1) is 12.1. The standard InChI is InChI=1S/C4H13N3.C3H5ClO/c5-1-3-7-4-2-6;1-2-3(4)5-2/h7H,1-6H2;2-3H,1H3. The predicted molar refractivity (Wildman–Crippen MR) is 51.2 cm³/mol. The Morgan fingerprint density at radius 3 is 1.83 bits per heavy atom. The van der Waals surface area contributed by atoms with Gasteiger partial charge in [0.15, 0.2) is 5.56 Å². The van der Waals surface area contributed by atoms with Gasteiger partial charge in [-0.05, 0) is 6.92 Å². The minimum Gasteiger partial charge on any atom is -0.353 e. The summed E-state index contributed by atoms with van der Waals surface area (Å²) < 4.78 is 4.68. The molecular weight excluding hydrogens is 178 g/mol. The van der Waals surface area contributed by atoms with E-state index in [1.807, 2.05) is 6.92 Å². The van der Waals surface area contributed by atoms with Gasteiger partial charge in [0, 0.05) is 26.2 Å². The molecule has 2 unspecified atom stereocenters. The van der Waals surface area contributed by atoms with Gasteiger partial charge in [0.05, 0.1) is 6.10 Å². The van der Waals surface area contributed by atoms with Crippen LogP contribution in [0.1, 0.15) is 6.92 Å². The van der Waals surface area contributed by atoms with E-state index in [1.165, 1.54) is 0 Å². The van der Waals surface area contributed by atoms with Crippen molar-refractivity contribution >= 4 is 11.6 Å². The molecule has 1 heterocycles. The molecule has 1 rings (SSSR count). The van der Waals surface area contributed by atoms with Gasteiger partial charge in [-0.25, -0.2) is 0 Å². The molecule has 12 heavy (non-hydrogen) atoms. The lowest BCUT2D eigenvalue weighted by Crippen LogP contribution is -2.27. The Bertz CT molecular complexity index is 94.7. The lowest BCUT2D eigenvalue weighted by atomic mass is 10.6. The molecule has 1 saturated heterocycles. The van der Waals surface area contributed by atoms with Gasteiger partial charge in [0.2, 0.25) is 0 Å². The zero-order chi connectivity index (χ0) is 9.40. The maximum Gasteiger partial charge on any atom is 0.157 e. The molecule has 0 aromatic heterocycles. The van der Waals surface area contributed by atoms with Crippen molar-refractivity contribution in [1.29, 1.82) is 0 Å². The van der Waals surface area contributed by atoms with Crippen LogP contribution in [0, 0.1) is 0 Å². The highest BCUT2D eigenvalue weighted by atomic mass is 35.5. The van der Waals surface area contributed by atoms with E-state index in [4.69, 9.17) is 23.1 Å². The van der Waals surface area contributed by atoms with Crippen LogP contribution in [-0.4, -0.2) is 37.8 Å². The summed E-state index contributed by atoms with van der Waals surface area (Å²) >= 11 is 5.31. The monoisotopic (exact) mass is 195 g/mol. The summed E-state index contributed by atoms with van der Waals surface area (Å²) in [5.41, 5.74) is 10.4. The van der Waals surface area contributed by atoms with E-state index in [9.17, 15) is 0 Å². The van der Waals surface area contributed by atoms with Crippen LogP contribution in [-0.2, 0) is 4.74 Å². The highest BCUT2D eigenvalue weighted by Gasteiger charge is 2.30. The van der Waals surface area contributed by atoms with Crippen molar-refractivity contribution in [3.63, 3.8) is 0 Å².